The zero-order chi connectivity index (χ0) is 31.8. The monoisotopic (exact) mass is 616 g/mol. The molecular weight excluding hydrogens is 568 g/mol. The molecule has 2 amide bonds. The summed E-state index contributed by atoms with van der Waals surface area (Å²) in [6.45, 7) is 9.45. The molecule has 2 aromatic carbocycles. The van der Waals surface area contributed by atoms with Crippen LogP contribution in [0.2, 0.25) is 0 Å². The number of carbonyl (C=O) groups is 2. The maximum absolute atomic E-state index is 13.7. The topological polar surface area (TPSA) is 137 Å². The summed E-state index contributed by atoms with van der Waals surface area (Å²) in [7, 11) is -2.47. The third-order valence-electron chi connectivity index (χ3n) is 7.31. The third kappa shape index (κ3) is 10.6. The van der Waals surface area contributed by atoms with Gasteiger partial charge in [0.25, 0.3) is 0 Å². The van der Waals surface area contributed by atoms with E-state index in [1.54, 1.807) is 12.1 Å². The second kappa shape index (κ2) is 15.1. The fraction of sp³-hybridized carbons (Fsp3) is 0.562. The second-order valence-corrected chi connectivity index (χ2v) is 14.7. The Morgan fingerprint density at radius 3 is 2.16 bits per heavy atom. The fourth-order valence-electron chi connectivity index (χ4n) is 4.74. The molecule has 3 rings (SSSR count). The van der Waals surface area contributed by atoms with Crippen molar-refractivity contribution in [2.45, 2.75) is 83.0 Å². The van der Waals surface area contributed by atoms with Crippen molar-refractivity contribution < 1.29 is 27.9 Å². The van der Waals surface area contributed by atoms with Crippen LogP contribution in [0.1, 0.15) is 53.0 Å². The van der Waals surface area contributed by atoms with Crippen LogP contribution in [-0.2, 0) is 26.0 Å². The quantitative estimate of drug-likeness (QED) is 0.228. The number of methoxy groups -OCH3 is 1. The van der Waals surface area contributed by atoms with Gasteiger partial charge in [0.05, 0.1) is 30.7 Å². The minimum Gasteiger partial charge on any atom is -0.497 e. The van der Waals surface area contributed by atoms with Crippen molar-refractivity contribution in [1.82, 2.24) is 20.3 Å². The highest BCUT2D eigenvalue weighted by molar-refractivity contribution is 7.89. The van der Waals surface area contributed by atoms with E-state index in [4.69, 9.17) is 4.74 Å². The Labute approximate surface area is 256 Å². The average Bonchev–Trinajstić information content (AvgIpc) is 3.78. The number of benzene rings is 2. The van der Waals surface area contributed by atoms with Crippen molar-refractivity contribution >= 4 is 21.8 Å². The van der Waals surface area contributed by atoms with Gasteiger partial charge in [-0.3, -0.25) is 9.59 Å². The number of ether oxygens (including phenoxy) is 1. The van der Waals surface area contributed by atoms with Gasteiger partial charge in [-0.05, 0) is 60.4 Å². The van der Waals surface area contributed by atoms with Gasteiger partial charge < -0.3 is 25.8 Å². The first-order chi connectivity index (χ1) is 20.2. The normalized spacial score (nSPS) is 16.0. The molecule has 0 aliphatic heterocycles. The molecule has 0 bridgehead atoms. The number of hydrogen-bond donors (Lipinski definition) is 4. The van der Waals surface area contributed by atoms with E-state index >= 15 is 0 Å². The molecule has 1 fully saturated rings. The molecule has 0 radical (unpaired) electrons. The summed E-state index contributed by atoms with van der Waals surface area (Å²) in [5, 5.41) is 20.6. The smallest absolute Gasteiger partial charge is 0.243 e. The first-order valence-corrected chi connectivity index (χ1v) is 16.3. The molecule has 4 N–H and O–H groups in total. The van der Waals surface area contributed by atoms with Gasteiger partial charge in [0, 0.05) is 19.1 Å². The Balaban J connectivity index is 1.85. The highest BCUT2D eigenvalue weighted by Gasteiger charge is 2.37. The first-order valence-electron chi connectivity index (χ1n) is 14.9. The van der Waals surface area contributed by atoms with E-state index in [0.717, 1.165) is 18.4 Å². The molecule has 1 unspecified atom stereocenters. The van der Waals surface area contributed by atoms with Gasteiger partial charge >= 0.3 is 0 Å². The summed E-state index contributed by atoms with van der Waals surface area (Å²) in [5.41, 5.74) is 0.244. The molecule has 0 spiro atoms. The largest absolute Gasteiger partial charge is 0.497 e. The van der Waals surface area contributed by atoms with Gasteiger partial charge in [-0.15, -0.1) is 0 Å². The van der Waals surface area contributed by atoms with E-state index in [2.05, 4.69) is 16.0 Å². The summed E-state index contributed by atoms with van der Waals surface area (Å²) in [6, 6.07) is 14.1. The number of rotatable bonds is 16. The predicted molar refractivity (Wildman–Crippen MR) is 167 cm³/mol. The molecule has 11 heteroatoms. The highest BCUT2D eigenvalue weighted by atomic mass is 32.2. The van der Waals surface area contributed by atoms with Crippen LogP contribution < -0.4 is 20.7 Å². The van der Waals surface area contributed by atoms with E-state index < -0.39 is 39.5 Å². The Morgan fingerprint density at radius 1 is 1.00 bits per heavy atom. The molecule has 0 saturated heterocycles. The van der Waals surface area contributed by atoms with Crippen LogP contribution in [0.3, 0.4) is 0 Å². The lowest BCUT2D eigenvalue weighted by molar-refractivity contribution is -0.132. The zero-order valence-corrected chi connectivity index (χ0v) is 27.0. The Hall–Kier alpha value is -2.99. The number of aliphatic hydroxyl groups is 1. The summed E-state index contributed by atoms with van der Waals surface area (Å²) in [4.78, 5) is 26.5. The maximum atomic E-state index is 13.7. The summed E-state index contributed by atoms with van der Waals surface area (Å²) < 4.78 is 33.9. The molecule has 238 valence electrons. The van der Waals surface area contributed by atoms with Crippen LogP contribution in [0.25, 0.3) is 0 Å². The van der Waals surface area contributed by atoms with Crippen LogP contribution in [0.4, 0.5) is 0 Å². The van der Waals surface area contributed by atoms with E-state index in [9.17, 15) is 23.1 Å². The molecule has 2 aromatic rings. The number of sulfonamides is 1. The molecule has 0 aromatic heterocycles. The minimum atomic E-state index is -3.97. The predicted octanol–water partition coefficient (Wildman–Crippen LogP) is 2.71. The van der Waals surface area contributed by atoms with Crippen LogP contribution in [-0.4, -0.2) is 80.6 Å². The van der Waals surface area contributed by atoms with Gasteiger partial charge in [0.15, 0.2) is 0 Å². The van der Waals surface area contributed by atoms with Crippen LogP contribution >= 0.6 is 0 Å². The molecule has 10 nitrogen and oxygen atoms in total. The number of hydrogen-bond acceptors (Lipinski definition) is 7. The van der Waals surface area contributed by atoms with Crippen molar-refractivity contribution in [1.29, 1.82) is 0 Å². The average molecular weight is 617 g/mol. The number of nitrogens with zero attached hydrogens (tertiary/aromatic N) is 1. The minimum absolute atomic E-state index is 0.0212. The lowest BCUT2D eigenvalue weighted by Crippen LogP contribution is -2.59. The van der Waals surface area contributed by atoms with Crippen molar-refractivity contribution in [3.8, 4) is 5.75 Å². The second-order valence-electron chi connectivity index (χ2n) is 12.8. The number of amides is 2. The molecule has 43 heavy (non-hydrogen) atoms. The standard InChI is InChI=1S/C32H48N4O6S/c1-22(2)20-36(43(40,41)26-16-14-25(42-6)15-17-26)21-28(37)27(18-23-10-8-7-9-11-23)34-31(39)30(32(3,4)5)35-29(38)19-33-24-12-13-24/h7-11,14-17,22,24,27-28,30,33,37H,12-13,18-21H2,1-6H3,(H,34,39)(H,35,38)/t27-,28?,30+/m0/s1. The van der Waals surface area contributed by atoms with Crippen molar-refractivity contribution in [2.75, 3.05) is 26.7 Å². The van der Waals surface area contributed by atoms with Gasteiger partial charge in [0.2, 0.25) is 21.8 Å². The Morgan fingerprint density at radius 2 is 1.63 bits per heavy atom. The van der Waals surface area contributed by atoms with Crippen molar-refractivity contribution in [3.63, 3.8) is 0 Å². The van der Waals surface area contributed by atoms with Gasteiger partial charge in [-0.2, -0.15) is 4.31 Å². The molecular formula is C32H48N4O6S. The number of carbonyl (C=O) groups excluding carboxylic acids is 2. The third-order valence-corrected chi connectivity index (χ3v) is 9.16. The molecule has 0 heterocycles. The Kier molecular flexibility index (Phi) is 12.1. The van der Waals surface area contributed by atoms with Crippen molar-refractivity contribution in [2.24, 2.45) is 11.3 Å². The Bertz CT molecular complexity index is 1290. The molecule has 1 aliphatic rings. The lowest BCUT2D eigenvalue weighted by atomic mass is 9.85. The number of nitrogens with one attached hydrogen (secondary N) is 3. The SMILES string of the molecule is COc1ccc(S(=O)(=O)N(CC(C)C)CC(O)[C@H](Cc2ccccc2)NC(=O)[C@@H](NC(=O)CNC2CC2)C(C)(C)C)cc1. The fourth-order valence-corrected chi connectivity index (χ4v) is 6.36. The van der Waals surface area contributed by atoms with Gasteiger partial charge in [0.1, 0.15) is 11.8 Å². The van der Waals surface area contributed by atoms with E-state index in [1.807, 2.05) is 65.0 Å². The molecule has 1 aliphatic carbocycles. The summed E-state index contributed by atoms with van der Waals surface area (Å²) >= 11 is 0. The van der Waals surface area contributed by atoms with E-state index in [-0.39, 0.29) is 42.8 Å². The van der Waals surface area contributed by atoms with E-state index in [1.165, 1.54) is 23.5 Å². The first kappa shape index (κ1) is 34.5. The summed E-state index contributed by atoms with van der Waals surface area (Å²) in [6.07, 6.45) is 1.10. The van der Waals surface area contributed by atoms with Crippen LogP contribution in [0.5, 0.6) is 5.75 Å². The highest BCUT2D eigenvalue weighted by Crippen LogP contribution is 2.23. The van der Waals surface area contributed by atoms with Crippen LogP contribution in [0, 0.1) is 11.3 Å². The number of aliphatic hydroxyl groups excluding tert-OH is 1. The van der Waals surface area contributed by atoms with E-state index in [0.29, 0.717) is 11.8 Å². The van der Waals surface area contributed by atoms with Crippen molar-refractivity contribution in [3.05, 3.63) is 60.2 Å². The molecule has 3 atom stereocenters. The molecule has 1 saturated carbocycles. The maximum Gasteiger partial charge on any atom is 0.243 e. The summed E-state index contributed by atoms with van der Waals surface area (Å²) in [5.74, 6) is -0.215. The van der Waals surface area contributed by atoms with Gasteiger partial charge in [-0.25, -0.2) is 8.42 Å². The van der Waals surface area contributed by atoms with Crippen LogP contribution in [0.15, 0.2) is 59.5 Å². The van der Waals surface area contributed by atoms with Gasteiger partial charge in [-0.1, -0.05) is 65.0 Å². The lowest BCUT2D eigenvalue weighted by Gasteiger charge is -2.34. The zero-order valence-electron chi connectivity index (χ0n) is 26.2.